The van der Waals surface area contributed by atoms with Crippen molar-refractivity contribution in [2.75, 3.05) is 5.88 Å². The van der Waals surface area contributed by atoms with Crippen molar-refractivity contribution in [3.05, 3.63) is 41.9 Å². The Morgan fingerprint density at radius 3 is 2.75 bits per heavy atom. The lowest BCUT2D eigenvalue weighted by Crippen LogP contribution is -1.89. The Bertz CT molecular complexity index is 496. The summed E-state index contributed by atoms with van der Waals surface area (Å²) >= 11 is 5.57. The number of H-pyrrole nitrogens is 1. The lowest BCUT2D eigenvalue weighted by molar-refractivity contribution is 0.509. The summed E-state index contributed by atoms with van der Waals surface area (Å²) in [6, 6.07) is 3.72. The van der Waals surface area contributed by atoms with Crippen molar-refractivity contribution in [1.82, 2.24) is 9.97 Å². The highest BCUT2D eigenvalue weighted by Gasteiger charge is 2.06. The van der Waals surface area contributed by atoms with Crippen molar-refractivity contribution >= 4 is 11.6 Å². The standard InChI is InChI=1S/C11H9ClF2N2/c12-4-3-11-15-6-10(16-11)7-1-2-8(13)9(14)5-7/h1-2,5-6H,3-4H2,(H,15,16). The van der Waals surface area contributed by atoms with Crippen LogP contribution in [0.3, 0.4) is 0 Å². The van der Waals surface area contributed by atoms with Gasteiger partial charge in [0, 0.05) is 17.9 Å². The van der Waals surface area contributed by atoms with Crippen LogP contribution in [-0.2, 0) is 6.42 Å². The third-order valence-electron chi connectivity index (χ3n) is 2.19. The maximum Gasteiger partial charge on any atom is 0.159 e. The average molecular weight is 243 g/mol. The van der Waals surface area contributed by atoms with Gasteiger partial charge in [-0.05, 0) is 18.2 Å². The van der Waals surface area contributed by atoms with Crippen LogP contribution in [-0.4, -0.2) is 15.8 Å². The van der Waals surface area contributed by atoms with Crippen LogP contribution < -0.4 is 0 Å². The number of rotatable bonds is 3. The predicted octanol–water partition coefficient (Wildman–Crippen LogP) is 3.14. The van der Waals surface area contributed by atoms with Gasteiger partial charge in [0.2, 0.25) is 0 Å². The lowest BCUT2D eigenvalue weighted by Gasteiger charge is -1.98. The lowest BCUT2D eigenvalue weighted by atomic mass is 10.1. The highest BCUT2D eigenvalue weighted by molar-refractivity contribution is 6.17. The smallest absolute Gasteiger partial charge is 0.159 e. The summed E-state index contributed by atoms with van der Waals surface area (Å²) in [5.41, 5.74) is 1.21. The number of nitrogens with one attached hydrogen (secondary N) is 1. The number of halogens is 3. The third kappa shape index (κ3) is 2.22. The molecule has 1 N–H and O–H groups in total. The maximum absolute atomic E-state index is 13.0. The number of imidazole rings is 1. The van der Waals surface area contributed by atoms with E-state index in [-0.39, 0.29) is 0 Å². The topological polar surface area (TPSA) is 28.7 Å². The second-order valence-corrected chi connectivity index (χ2v) is 3.69. The van der Waals surface area contributed by atoms with Gasteiger partial charge < -0.3 is 4.98 Å². The van der Waals surface area contributed by atoms with Gasteiger partial charge in [-0.3, -0.25) is 0 Å². The van der Waals surface area contributed by atoms with Gasteiger partial charge in [0.25, 0.3) is 0 Å². The zero-order valence-electron chi connectivity index (χ0n) is 8.30. The molecular formula is C11H9ClF2N2. The Kier molecular flexibility index (Phi) is 3.19. The Labute approximate surface area is 96.3 Å². The highest BCUT2D eigenvalue weighted by atomic mass is 35.5. The van der Waals surface area contributed by atoms with Gasteiger partial charge in [-0.15, -0.1) is 11.6 Å². The minimum Gasteiger partial charge on any atom is -0.342 e. The second kappa shape index (κ2) is 4.61. The van der Waals surface area contributed by atoms with Crippen molar-refractivity contribution in [3.63, 3.8) is 0 Å². The fourth-order valence-corrected chi connectivity index (χ4v) is 1.57. The summed E-state index contributed by atoms with van der Waals surface area (Å²) in [6.45, 7) is 0. The Balaban J connectivity index is 2.31. The SMILES string of the molecule is Fc1ccc(-c2cnc(CCCl)[nH]2)cc1F. The van der Waals surface area contributed by atoms with E-state index >= 15 is 0 Å². The summed E-state index contributed by atoms with van der Waals surface area (Å²) in [4.78, 5) is 7.07. The van der Waals surface area contributed by atoms with Crippen LogP contribution in [0.15, 0.2) is 24.4 Å². The minimum absolute atomic E-state index is 0.463. The normalized spacial score (nSPS) is 10.7. The zero-order chi connectivity index (χ0) is 11.5. The van der Waals surface area contributed by atoms with Crippen LogP contribution in [0.2, 0.25) is 0 Å². The average Bonchev–Trinajstić information content (AvgIpc) is 2.71. The van der Waals surface area contributed by atoms with E-state index in [2.05, 4.69) is 9.97 Å². The maximum atomic E-state index is 13.0. The van der Waals surface area contributed by atoms with E-state index in [0.717, 1.165) is 18.0 Å². The van der Waals surface area contributed by atoms with Gasteiger partial charge >= 0.3 is 0 Å². The van der Waals surface area contributed by atoms with E-state index in [1.807, 2.05) is 0 Å². The zero-order valence-corrected chi connectivity index (χ0v) is 9.06. The molecule has 0 bridgehead atoms. The molecule has 1 aromatic heterocycles. The molecule has 5 heteroatoms. The first-order valence-corrected chi connectivity index (χ1v) is 5.29. The van der Waals surface area contributed by atoms with Crippen molar-refractivity contribution < 1.29 is 8.78 Å². The Hall–Kier alpha value is -1.42. The highest BCUT2D eigenvalue weighted by Crippen LogP contribution is 2.19. The molecule has 0 saturated heterocycles. The first kappa shape index (κ1) is 11.1. The predicted molar refractivity (Wildman–Crippen MR) is 58.4 cm³/mol. The van der Waals surface area contributed by atoms with E-state index in [1.54, 1.807) is 6.20 Å². The molecule has 16 heavy (non-hydrogen) atoms. The number of aryl methyl sites for hydroxylation is 1. The number of aromatic nitrogens is 2. The molecule has 0 aliphatic rings. The molecule has 0 saturated carbocycles. The van der Waals surface area contributed by atoms with Crippen LogP contribution in [0, 0.1) is 11.6 Å². The molecule has 0 radical (unpaired) electrons. The van der Waals surface area contributed by atoms with Crippen LogP contribution in [0.5, 0.6) is 0 Å². The molecule has 0 amide bonds. The van der Waals surface area contributed by atoms with E-state index < -0.39 is 11.6 Å². The fourth-order valence-electron chi connectivity index (χ4n) is 1.39. The molecule has 2 nitrogen and oxygen atoms in total. The number of aromatic amines is 1. The van der Waals surface area contributed by atoms with Crippen LogP contribution in [0.1, 0.15) is 5.82 Å². The van der Waals surface area contributed by atoms with Crippen LogP contribution in [0.4, 0.5) is 8.78 Å². The quantitative estimate of drug-likeness (QED) is 0.823. The monoisotopic (exact) mass is 242 g/mol. The van der Waals surface area contributed by atoms with Gasteiger partial charge in [0.15, 0.2) is 11.6 Å². The third-order valence-corrected chi connectivity index (χ3v) is 2.38. The second-order valence-electron chi connectivity index (χ2n) is 3.31. The van der Waals surface area contributed by atoms with Crippen molar-refractivity contribution in [2.24, 2.45) is 0 Å². The van der Waals surface area contributed by atoms with E-state index in [0.29, 0.717) is 23.6 Å². The Morgan fingerprint density at radius 1 is 1.25 bits per heavy atom. The molecule has 0 aliphatic carbocycles. The van der Waals surface area contributed by atoms with Gasteiger partial charge in [-0.1, -0.05) is 0 Å². The number of hydrogen-bond acceptors (Lipinski definition) is 1. The number of hydrogen-bond donors (Lipinski definition) is 1. The summed E-state index contributed by atoms with van der Waals surface area (Å²) < 4.78 is 25.7. The summed E-state index contributed by atoms with van der Waals surface area (Å²) in [7, 11) is 0. The molecule has 0 fully saturated rings. The molecule has 0 spiro atoms. The molecule has 84 valence electrons. The first-order chi connectivity index (χ1) is 7.70. The van der Waals surface area contributed by atoms with Gasteiger partial charge in [-0.2, -0.15) is 0 Å². The molecule has 2 aromatic rings. The molecule has 0 aliphatic heterocycles. The fraction of sp³-hybridized carbons (Fsp3) is 0.182. The number of benzene rings is 1. The summed E-state index contributed by atoms with van der Waals surface area (Å²) in [5.74, 6) is -0.532. The number of alkyl halides is 1. The van der Waals surface area contributed by atoms with Crippen molar-refractivity contribution in [2.45, 2.75) is 6.42 Å². The van der Waals surface area contributed by atoms with E-state index in [9.17, 15) is 8.78 Å². The molecule has 0 unspecified atom stereocenters. The minimum atomic E-state index is -0.869. The largest absolute Gasteiger partial charge is 0.342 e. The molecular weight excluding hydrogens is 234 g/mol. The van der Waals surface area contributed by atoms with Crippen LogP contribution in [0.25, 0.3) is 11.3 Å². The van der Waals surface area contributed by atoms with Gasteiger partial charge in [0.05, 0.1) is 11.9 Å². The van der Waals surface area contributed by atoms with Gasteiger partial charge in [-0.25, -0.2) is 13.8 Å². The van der Waals surface area contributed by atoms with Crippen LogP contribution >= 0.6 is 11.6 Å². The molecule has 2 rings (SSSR count). The van der Waals surface area contributed by atoms with E-state index in [4.69, 9.17) is 11.6 Å². The molecule has 1 heterocycles. The Morgan fingerprint density at radius 2 is 2.06 bits per heavy atom. The first-order valence-electron chi connectivity index (χ1n) is 4.76. The van der Waals surface area contributed by atoms with Crippen molar-refractivity contribution in [3.8, 4) is 11.3 Å². The molecule has 1 aromatic carbocycles. The number of nitrogens with zero attached hydrogens (tertiary/aromatic N) is 1. The van der Waals surface area contributed by atoms with Crippen molar-refractivity contribution in [1.29, 1.82) is 0 Å². The molecule has 0 atom stereocenters. The van der Waals surface area contributed by atoms with Gasteiger partial charge in [0.1, 0.15) is 5.82 Å². The summed E-state index contributed by atoms with van der Waals surface area (Å²) in [5, 5.41) is 0. The van der Waals surface area contributed by atoms with E-state index in [1.165, 1.54) is 6.07 Å². The summed E-state index contributed by atoms with van der Waals surface area (Å²) in [6.07, 6.45) is 2.19.